The zero-order valence-electron chi connectivity index (χ0n) is 13.8. The third-order valence-corrected chi connectivity index (χ3v) is 4.17. The minimum Gasteiger partial charge on any atom is -0.337 e. The van der Waals surface area contributed by atoms with Crippen molar-refractivity contribution in [3.63, 3.8) is 0 Å². The summed E-state index contributed by atoms with van der Waals surface area (Å²) in [6.45, 7) is 1.44. The molecule has 1 saturated heterocycles. The Kier molecular flexibility index (Phi) is 6.75. The first-order valence-electron chi connectivity index (χ1n) is 8.12. The summed E-state index contributed by atoms with van der Waals surface area (Å²) < 4.78 is 5.47. The third-order valence-electron chi connectivity index (χ3n) is 4.17. The lowest BCUT2D eigenvalue weighted by molar-refractivity contribution is -0.135. The van der Waals surface area contributed by atoms with Crippen LogP contribution in [0.2, 0.25) is 0 Å². The second-order valence-electron chi connectivity index (χ2n) is 5.77. The number of nitrogens with zero attached hydrogens (tertiary/aromatic N) is 3. The van der Waals surface area contributed by atoms with Crippen LogP contribution in [-0.2, 0) is 4.79 Å². The standard InChI is InChI=1S/C17H22N4O2.ClH/c1-18-11-10-15(22)21-12-6-5-9-14(21)17-19-16(20-23-17)13-7-3-2-4-8-13;/h2-4,7-8,14,18H,5-6,9-12H2,1H3;1H. The number of hydrogen-bond donors (Lipinski definition) is 1. The molecule has 1 aromatic heterocycles. The van der Waals surface area contributed by atoms with Crippen LogP contribution in [0.4, 0.5) is 0 Å². The first-order chi connectivity index (χ1) is 11.3. The lowest BCUT2D eigenvalue weighted by Gasteiger charge is -2.33. The summed E-state index contributed by atoms with van der Waals surface area (Å²) in [6.07, 6.45) is 3.47. The maximum atomic E-state index is 12.4. The van der Waals surface area contributed by atoms with Gasteiger partial charge in [0.2, 0.25) is 17.6 Å². The van der Waals surface area contributed by atoms with Gasteiger partial charge in [0.05, 0.1) is 0 Å². The number of likely N-dealkylation sites (tertiary alicyclic amines) is 1. The van der Waals surface area contributed by atoms with Crippen LogP contribution in [-0.4, -0.2) is 41.1 Å². The molecule has 1 amide bonds. The number of piperidine rings is 1. The second-order valence-corrected chi connectivity index (χ2v) is 5.77. The lowest BCUT2D eigenvalue weighted by Crippen LogP contribution is -2.39. The van der Waals surface area contributed by atoms with E-state index in [0.717, 1.165) is 31.4 Å². The average molecular weight is 351 g/mol. The Morgan fingerprint density at radius 2 is 2.12 bits per heavy atom. The van der Waals surface area contributed by atoms with E-state index in [4.69, 9.17) is 4.52 Å². The zero-order valence-corrected chi connectivity index (χ0v) is 14.6. The Hall–Kier alpha value is -1.92. The molecule has 130 valence electrons. The van der Waals surface area contributed by atoms with E-state index in [1.54, 1.807) is 0 Å². The second kappa shape index (κ2) is 8.80. The fraction of sp³-hybridized carbons (Fsp3) is 0.471. The van der Waals surface area contributed by atoms with Gasteiger partial charge in [-0.1, -0.05) is 35.5 Å². The number of benzene rings is 1. The van der Waals surface area contributed by atoms with Gasteiger partial charge in [0.15, 0.2) is 0 Å². The minimum absolute atomic E-state index is 0. The van der Waals surface area contributed by atoms with Crippen molar-refractivity contribution < 1.29 is 9.32 Å². The van der Waals surface area contributed by atoms with Gasteiger partial charge in [-0.3, -0.25) is 4.79 Å². The van der Waals surface area contributed by atoms with Crippen LogP contribution >= 0.6 is 12.4 Å². The molecule has 0 bridgehead atoms. The van der Waals surface area contributed by atoms with Gasteiger partial charge >= 0.3 is 0 Å². The molecule has 7 heteroatoms. The van der Waals surface area contributed by atoms with Crippen molar-refractivity contribution in [2.24, 2.45) is 0 Å². The summed E-state index contributed by atoms with van der Waals surface area (Å²) in [5, 5.41) is 7.10. The van der Waals surface area contributed by atoms with Gasteiger partial charge in [-0.15, -0.1) is 12.4 Å². The highest BCUT2D eigenvalue weighted by molar-refractivity contribution is 5.85. The van der Waals surface area contributed by atoms with Crippen LogP contribution < -0.4 is 5.32 Å². The monoisotopic (exact) mass is 350 g/mol. The molecule has 1 N–H and O–H groups in total. The van der Waals surface area contributed by atoms with Crippen LogP contribution in [0.3, 0.4) is 0 Å². The molecule has 1 atom stereocenters. The van der Waals surface area contributed by atoms with Gasteiger partial charge < -0.3 is 14.7 Å². The van der Waals surface area contributed by atoms with E-state index in [2.05, 4.69) is 15.5 Å². The number of carbonyl (C=O) groups is 1. The molecule has 1 fully saturated rings. The van der Waals surface area contributed by atoms with E-state index in [-0.39, 0.29) is 24.4 Å². The molecule has 0 saturated carbocycles. The number of rotatable bonds is 5. The van der Waals surface area contributed by atoms with Gasteiger partial charge in [-0.05, 0) is 26.3 Å². The number of amides is 1. The van der Waals surface area contributed by atoms with Crippen LogP contribution in [0.15, 0.2) is 34.9 Å². The Bertz CT molecular complexity index is 647. The van der Waals surface area contributed by atoms with Crippen molar-refractivity contribution in [3.8, 4) is 11.4 Å². The minimum atomic E-state index is -0.0990. The number of halogens is 1. The summed E-state index contributed by atoms with van der Waals surface area (Å²) in [4.78, 5) is 18.8. The van der Waals surface area contributed by atoms with Crippen molar-refractivity contribution in [1.29, 1.82) is 0 Å². The molecular formula is C17H23ClN4O2. The molecular weight excluding hydrogens is 328 g/mol. The zero-order chi connectivity index (χ0) is 16.1. The van der Waals surface area contributed by atoms with Crippen molar-refractivity contribution in [2.45, 2.75) is 31.7 Å². The summed E-state index contributed by atoms with van der Waals surface area (Å²) >= 11 is 0. The Morgan fingerprint density at radius 1 is 1.33 bits per heavy atom. The van der Waals surface area contributed by atoms with Crippen LogP contribution in [0.5, 0.6) is 0 Å². The molecule has 1 aromatic carbocycles. The molecule has 0 spiro atoms. The van der Waals surface area contributed by atoms with Crippen molar-refractivity contribution in [3.05, 3.63) is 36.2 Å². The first-order valence-corrected chi connectivity index (χ1v) is 8.12. The lowest BCUT2D eigenvalue weighted by atomic mass is 10.0. The number of nitrogens with one attached hydrogen (secondary N) is 1. The molecule has 1 aliphatic heterocycles. The van der Waals surface area contributed by atoms with Gasteiger partial charge in [-0.2, -0.15) is 4.98 Å². The fourth-order valence-electron chi connectivity index (χ4n) is 2.94. The molecule has 24 heavy (non-hydrogen) atoms. The van der Waals surface area contributed by atoms with E-state index < -0.39 is 0 Å². The highest BCUT2D eigenvalue weighted by Crippen LogP contribution is 2.31. The number of hydrogen-bond acceptors (Lipinski definition) is 5. The summed E-state index contributed by atoms with van der Waals surface area (Å²) in [7, 11) is 1.85. The fourth-order valence-corrected chi connectivity index (χ4v) is 2.94. The Balaban J connectivity index is 0.00000208. The predicted octanol–water partition coefficient (Wildman–Crippen LogP) is 2.82. The van der Waals surface area contributed by atoms with E-state index in [0.29, 0.717) is 24.7 Å². The maximum Gasteiger partial charge on any atom is 0.249 e. The van der Waals surface area contributed by atoms with Crippen molar-refractivity contribution >= 4 is 18.3 Å². The molecule has 1 unspecified atom stereocenters. The topological polar surface area (TPSA) is 71.3 Å². The van der Waals surface area contributed by atoms with E-state index >= 15 is 0 Å². The van der Waals surface area contributed by atoms with Gasteiger partial charge in [-0.25, -0.2) is 0 Å². The molecule has 0 radical (unpaired) electrons. The number of aromatic nitrogens is 2. The highest BCUT2D eigenvalue weighted by atomic mass is 35.5. The quantitative estimate of drug-likeness (QED) is 0.897. The van der Waals surface area contributed by atoms with E-state index in [9.17, 15) is 4.79 Å². The summed E-state index contributed by atoms with van der Waals surface area (Å²) in [6, 6.07) is 9.64. The largest absolute Gasteiger partial charge is 0.337 e. The van der Waals surface area contributed by atoms with Gasteiger partial charge in [0, 0.05) is 25.1 Å². The van der Waals surface area contributed by atoms with Crippen LogP contribution in [0.25, 0.3) is 11.4 Å². The van der Waals surface area contributed by atoms with Gasteiger partial charge in [0.1, 0.15) is 6.04 Å². The SMILES string of the molecule is CNCCC(=O)N1CCCCC1c1nc(-c2ccccc2)no1.Cl. The molecule has 0 aliphatic carbocycles. The number of carbonyl (C=O) groups excluding carboxylic acids is 1. The first kappa shape index (κ1) is 18.4. The van der Waals surface area contributed by atoms with Gasteiger partial charge in [0.25, 0.3) is 0 Å². The predicted molar refractivity (Wildman–Crippen MR) is 93.8 cm³/mol. The molecule has 6 nitrogen and oxygen atoms in total. The molecule has 2 aromatic rings. The third kappa shape index (κ3) is 4.13. The molecule has 3 rings (SSSR count). The molecule has 1 aliphatic rings. The van der Waals surface area contributed by atoms with Crippen molar-refractivity contribution in [1.82, 2.24) is 20.4 Å². The van der Waals surface area contributed by atoms with Crippen molar-refractivity contribution in [2.75, 3.05) is 20.1 Å². The average Bonchev–Trinajstić information content (AvgIpc) is 3.10. The van der Waals surface area contributed by atoms with E-state index in [1.165, 1.54) is 0 Å². The highest BCUT2D eigenvalue weighted by Gasteiger charge is 2.31. The van der Waals surface area contributed by atoms with Crippen LogP contribution in [0, 0.1) is 0 Å². The maximum absolute atomic E-state index is 12.4. The summed E-state index contributed by atoms with van der Waals surface area (Å²) in [5.41, 5.74) is 0.923. The Labute approximate surface area is 148 Å². The van der Waals surface area contributed by atoms with Crippen LogP contribution in [0.1, 0.15) is 37.6 Å². The summed E-state index contributed by atoms with van der Waals surface area (Å²) in [5.74, 6) is 1.26. The smallest absolute Gasteiger partial charge is 0.249 e. The van der Waals surface area contributed by atoms with E-state index in [1.807, 2.05) is 42.3 Å². The normalized spacial score (nSPS) is 17.4. The molecule has 2 heterocycles. The Morgan fingerprint density at radius 3 is 2.88 bits per heavy atom.